The summed E-state index contributed by atoms with van der Waals surface area (Å²) in [5.41, 5.74) is 1.68. The molecule has 2 aromatic rings. The maximum atomic E-state index is 11.9. The van der Waals surface area contributed by atoms with Gasteiger partial charge in [0.15, 0.2) is 0 Å². The molecule has 1 heterocycles. The van der Waals surface area contributed by atoms with E-state index >= 15 is 0 Å². The van der Waals surface area contributed by atoms with E-state index in [9.17, 15) is 9.59 Å². The average molecular weight is 377 g/mol. The van der Waals surface area contributed by atoms with Gasteiger partial charge < -0.3 is 20.1 Å². The van der Waals surface area contributed by atoms with E-state index in [0.29, 0.717) is 12.2 Å². The van der Waals surface area contributed by atoms with Gasteiger partial charge in [0.25, 0.3) is 5.91 Å². The van der Waals surface area contributed by atoms with Crippen molar-refractivity contribution in [1.29, 1.82) is 0 Å². The van der Waals surface area contributed by atoms with Crippen molar-refractivity contribution in [2.24, 2.45) is 0 Å². The molecule has 1 aromatic heterocycles. The van der Waals surface area contributed by atoms with Crippen LogP contribution in [0, 0.1) is 0 Å². The van der Waals surface area contributed by atoms with Crippen molar-refractivity contribution in [2.45, 2.75) is 32.9 Å². The molecule has 0 saturated heterocycles. The number of carbonyl (C=O) groups is 2. The molecule has 0 fully saturated rings. The van der Waals surface area contributed by atoms with Crippen molar-refractivity contribution < 1.29 is 19.1 Å². The zero-order chi connectivity index (χ0) is 19.2. The molecular formula is C18H23N3O4S. The number of nitrogens with one attached hydrogen (secondary N) is 2. The third-order valence-electron chi connectivity index (χ3n) is 3.15. The smallest absolute Gasteiger partial charge is 0.407 e. The minimum absolute atomic E-state index is 0.144. The second-order valence-corrected chi connectivity index (χ2v) is 7.39. The summed E-state index contributed by atoms with van der Waals surface area (Å²) >= 11 is 1.39. The topological polar surface area (TPSA) is 89.6 Å². The number of thiazole rings is 1. The van der Waals surface area contributed by atoms with Crippen LogP contribution in [0.2, 0.25) is 0 Å². The molecule has 140 valence electrons. The lowest BCUT2D eigenvalue weighted by Gasteiger charge is -2.19. The third-order valence-corrected chi connectivity index (χ3v) is 4.04. The Hall–Kier alpha value is -2.45. The monoisotopic (exact) mass is 377 g/mol. The number of amides is 2. The first-order valence-electron chi connectivity index (χ1n) is 8.07. The zero-order valence-corrected chi connectivity index (χ0v) is 16.1. The molecule has 7 nitrogen and oxygen atoms in total. The van der Waals surface area contributed by atoms with Gasteiger partial charge in [-0.25, -0.2) is 9.78 Å². The summed E-state index contributed by atoms with van der Waals surface area (Å²) in [6, 6.07) is 7.61. The van der Waals surface area contributed by atoms with Gasteiger partial charge in [-0.1, -0.05) is 24.3 Å². The summed E-state index contributed by atoms with van der Waals surface area (Å²) in [5, 5.41) is 7.77. The molecule has 2 amide bonds. The van der Waals surface area contributed by atoms with Crippen LogP contribution in [-0.4, -0.2) is 36.4 Å². The number of hydrogen-bond acceptors (Lipinski definition) is 6. The molecule has 0 atom stereocenters. The number of carbonyl (C=O) groups excluding carboxylic acids is 2. The Kier molecular flexibility index (Phi) is 6.70. The van der Waals surface area contributed by atoms with Crippen molar-refractivity contribution in [2.75, 3.05) is 13.8 Å². The van der Waals surface area contributed by atoms with Gasteiger partial charge in [-0.2, -0.15) is 0 Å². The van der Waals surface area contributed by atoms with E-state index in [1.165, 1.54) is 18.4 Å². The van der Waals surface area contributed by atoms with Crippen LogP contribution in [0.4, 0.5) is 4.79 Å². The first kappa shape index (κ1) is 19.9. The fourth-order valence-electron chi connectivity index (χ4n) is 1.99. The summed E-state index contributed by atoms with van der Waals surface area (Å²) < 4.78 is 10.0. The van der Waals surface area contributed by atoms with Gasteiger partial charge >= 0.3 is 6.09 Å². The molecule has 8 heteroatoms. The standard InChI is InChI=1S/C18H23N3O4S/c1-18(2,3)25-17(23)19-9-12-5-7-13(8-6-12)16-21-14(10-26-16)15(22)20-11-24-4/h5-8,10H,9,11H2,1-4H3,(H,19,23)(H,20,22). The molecule has 0 bridgehead atoms. The van der Waals surface area contributed by atoms with E-state index < -0.39 is 11.7 Å². The lowest BCUT2D eigenvalue weighted by atomic mass is 10.1. The Bertz CT molecular complexity index is 751. The quantitative estimate of drug-likeness (QED) is 0.755. The molecule has 0 aliphatic rings. The van der Waals surface area contributed by atoms with Gasteiger partial charge in [0.1, 0.15) is 23.0 Å². The van der Waals surface area contributed by atoms with E-state index in [4.69, 9.17) is 9.47 Å². The highest BCUT2D eigenvalue weighted by molar-refractivity contribution is 7.13. The molecule has 0 unspecified atom stereocenters. The van der Waals surface area contributed by atoms with Gasteiger partial charge in [0, 0.05) is 24.6 Å². The number of aromatic nitrogens is 1. The van der Waals surface area contributed by atoms with Crippen molar-refractivity contribution in [3.05, 3.63) is 40.9 Å². The second-order valence-electron chi connectivity index (χ2n) is 6.53. The maximum Gasteiger partial charge on any atom is 0.407 e. The van der Waals surface area contributed by atoms with Gasteiger partial charge in [-0.15, -0.1) is 11.3 Å². The minimum Gasteiger partial charge on any atom is -0.444 e. The minimum atomic E-state index is -0.522. The Labute approximate surface area is 156 Å². The van der Waals surface area contributed by atoms with Crippen LogP contribution >= 0.6 is 11.3 Å². The highest BCUT2D eigenvalue weighted by atomic mass is 32.1. The predicted molar refractivity (Wildman–Crippen MR) is 100.0 cm³/mol. The van der Waals surface area contributed by atoms with Crippen LogP contribution in [-0.2, 0) is 16.0 Å². The number of alkyl carbamates (subject to hydrolysis) is 1. The molecule has 0 spiro atoms. The summed E-state index contributed by atoms with van der Waals surface area (Å²) in [5.74, 6) is -0.271. The van der Waals surface area contributed by atoms with Gasteiger partial charge in [-0.3, -0.25) is 4.79 Å². The van der Waals surface area contributed by atoms with Crippen LogP contribution in [0.25, 0.3) is 10.6 Å². The highest BCUT2D eigenvalue weighted by Gasteiger charge is 2.16. The predicted octanol–water partition coefficient (Wildman–Crippen LogP) is 3.17. The van der Waals surface area contributed by atoms with Crippen LogP contribution < -0.4 is 10.6 Å². The molecule has 0 radical (unpaired) electrons. The molecule has 2 N–H and O–H groups in total. The van der Waals surface area contributed by atoms with Crippen molar-refractivity contribution in [3.8, 4) is 10.6 Å². The van der Waals surface area contributed by atoms with Crippen LogP contribution in [0.3, 0.4) is 0 Å². The number of nitrogens with zero attached hydrogens (tertiary/aromatic N) is 1. The molecule has 2 rings (SSSR count). The number of methoxy groups -OCH3 is 1. The van der Waals surface area contributed by atoms with E-state index in [0.717, 1.165) is 16.1 Å². The van der Waals surface area contributed by atoms with E-state index in [-0.39, 0.29) is 12.6 Å². The lowest BCUT2D eigenvalue weighted by molar-refractivity contribution is 0.0523. The molecule has 1 aromatic carbocycles. The van der Waals surface area contributed by atoms with Crippen molar-refractivity contribution >= 4 is 23.3 Å². The highest BCUT2D eigenvalue weighted by Crippen LogP contribution is 2.24. The largest absolute Gasteiger partial charge is 0.444 e. The Morgan fingerprint density at radius 1 is 1.15 bits per heavy atom. The van der Waals surface area contributed by atoms with Gasteiger partial charge in [0.05, 0.1) is 0 Å². The lowest BCUT2D eigenvalue weighted by Crippen LogP contribution is -2.32. The normalized spacial score (nSPS) is 11.1. The molecule has 0 aliphatic carbocycles. The summed E-state index contributed by atoms with van der Waals surface area (Å²) in [7, 11) is 1.51. The molecule has 0 saturated carbocycles. The fraction of sp³-hybridized carbons (Fsp3) is 0.389. The van der Waals surface area contributed by atoms with Crippen LogP contribution in [0.5, 0.6) is 0 Å². The number of rotatable bonds is 6. The molecule has 0 aliphatic heterocycles. The van der Waals surface area contributed by atoms with E-state index in [1.807, 2.05) is 45.0 Å². The third kappa shape index (κ3) is 6.12. The van der Waals surface area contributed by atoms with Crippen LogP contribution in [0.1, 0.15) is 36.8 Å². The van der Waals surface area contributed by atoms with Crippen molar-refractivity contribution in [1.82, 2.24) is 15.6 Å². The Morgan fingerprint density at radius 3 is 2.46 bits per heavy atom. The van der Waals surface area contributed by atoms with Crippen molar-refractivity contribution in [3.63, 3.8) is 0 Å². The average Bonchev–Trinajstić information content (AvgIpc) is 3.07. The second kappa shape index (κ2) is 8.77. The summed E-state index contributed by atoms with van der Waals surface area (Å²) in [6.45, 7) is 5.97. The zero-order valence-electron chi connectivity index (χ0n) is 15.3. The summed E-state index contributed by atoms with van der Waals surface area (Å²) in [6.07, 6.45) is -0.451. The maximum absolute atomic E-state index is 11.9. The molecule has 26 heavy (non-hydrogen) atoms. The number of ether oxygens (including phenoxy) is 2. The van der Waals surface area contributed by atoms with Gasteiger partial charge in [-0.05, 0) is 26.3 Å². The number of hydrogen-bond donors (Lipinski definition) is 2. The van der Waals surface area contributed by atoms with Crippen LogP contribution in [0.15, 0.2) is 29.6 Å². The molecular weight excluding hydrogens is 354 g/mol. The summed E-state index contributed by atoms with van der Waals surface area (Å²) in [4.78, 5) is 27.9. The van der Waals surface area contributed by atoms with E-state index in [1.54, 1.807) is 5.38 Å². The first-order valence-corrected chi connectivity index (χ1v) is 8.95. The number of benzene rings is 1. The van der Waals surface area contributed by atoms with E-state index in [2.05, 4.69) is 15.6 Å². The fourth-order valence-corrected chi connectivity index (χ4v) is 2.80. The Morgan fingerprint density at radius 2 is 1.85 bits per heavy atom. The van der Waals surface area contributed by atoms with Gasteiger partial charge in [0.2, 0.25) is 0 Å². The first-order chi connectivity index (χ1) is 12.3. The Balaban J connectivity index is 1.94. The SMILES string of the molecule is COCNC(=O)c1csc(-c2ccc(CNC(=O)OC(C)(C)C)cc2)n1.